The van der Waals surface area contributed by atoms with Gasteiger partial charge in [0, 0.05) is 43.3 Å². The molecule has 0 bridgehead atoms. The molecule has 0 fully saturated rings. The second-order valence-corrected chi connectivity index (χ2v) is 8.46. The van der Waals surface area contributed by atoms with Crippen LogP contribution in [0.5, 0.6) is 5.75 Å². The molecule has 8 nitrogen and oxygen atoms in total. The molecular formula is C24H29N5O3. The summed E-state index contributed by atoms with van der Waals surface area (Å²) in [6.07, 6.45) is 3.51. The Morgan fingerprint density at radius 2 is 1.66 bits per heavy atom. The van der Waals surface area contributed by atoms with Gasteiger partial charge in [-0.3, -0.25) is 14.6 Å². The van der Waals surface area contributed by atoms with Crippen LogP contribution in [0, 0.1) is 0 Å². The van der Waals surface area contributed by atoms with E-state index >= 15 is 0 Å². The molecule has 0 aliphatic heterocycles. The minimum absolute atomic E-state index is 0.0703. The van der Waals surface area contributed by atoms with E-state index in [1.807, 2.05) is 42.5 Å². The van der Waals surface area contributed by atoms with Gasteiger partial charge in [0.2, 0.25) is 11.8 Å². The highest BCUT2D eigenvalue weighted by atomic mass is 16.5. The largest absolute Gasteiger partial charge is 0.497 e. The Labute approximate surface area is 188 Å². The first-order valence-corrected chi connectivity index (χ1v) is 10.5. The van der Waals surface area contributed by atoms with Crippen LogP contribution in [0.15, 0.2) is 54.9 Å². The third-order valence-electron chi connectivity index (χ3n) is 4.88. The second-order valence-electron chi connectivity index (χ2n) is 8.46. The van der Waals surface area contributed by atoms with E-state index in [1.54, 1.807) is 24.2 Å². The number of aromatic nitrogens is 3. The minimum atomic E-state index is -0.251. The maximum absolute atomic E-state index is 12.6. The zero-order valence-electron chi connectivity index (χ0n) is 18.9. The Morgan fingerprint density at radius 3 is 2.28 bits per heavy atom. The number of carbonyl (C=O) groups excluding carboxylic acids is 2. The summed E-state index contributed by atoms with van der Waals surface area (Å²) in [5, 5.41) is 10.4. The van der Waals surface area contributed by atoms with Gasteiger partial charge in [0.15, 0.2) is 0 Å². The Bertz CT molecular complexity index is 1050. The topological polar surface area (TPSA) is 98.1 Å². The Hall–Kier alpha value is -3.68. The molecule has 2 amide bonds. The van der Waals surface area contributed by atoms with Crippen molar-refractivity contribution >= 4 is 17.6 Å². The third kappa shape index (κ3) is 6.16. The highest BCUT2D eigenvalue weighted by molar-refractivity contribution is 5.92. The number of ether oxygens (including phenoxy) is 1. The van der Waals surface area contributed by atoms with Crippen molar-refractivity contribution in [2.24, 2.45) is 0 Å². The van der Waals surface area contributed by atoms with Gasteiger partial charge in [0.05, 0.1) is 18.5 Å². The van der Waals surface area contributed by atoms with Gasteiger partial charge in [-0.2, -0.15) is 5.10 Å². The Kier molecular flexibility index (Phi) is 7.25. The van der Waals surface area contributed by atoms with Crippen molar-refractivity contribution in [3.05, 3.63) is 66.1 Å². The van der Waals surface area contributed by atoms with Crippen molar-refractivity contribution in [1.82, 2.24) is 20.1 Å². The number of carbonyl (C=O) groups is 2. The molecule has 2 aromatic heterocycles. The van der Waals surface area contributed by atoms with E-state index in [0.29, 0.717) is 12.4 Å². The molecule has 0 radical (unpaired) electrons. The Balaban J connectivity index is 1.65. The van der Waals surface area contributed by atoms with Gasteiger partial charge in [0.25, 0.3) is 0 Å². The number of benzene rings is 1. The summed E-state index contributed by atoms with van der Waals surface area (Å²) in [5.41, 5.74) is 2.41. The Morgan fingerprint density at radius 1 is 1.00 bits per heavy atom. The summed E-state index contributed by atoms with van der Waals surface area (Å²) in [7, 11) is 1.61. The molecule has 8 heteroatoms. The van der Waals surface area contributed by atoms with Crippen LogP contribution in [0.3, 0.4) is 0 Å². The van der Waals surface area contributed by atoms with Crippen molar-refractivity contribution in [3.63, 3.8) is 0 Å². The minimum Gasteiger partial charge on any atom is -0.497 e. The number of hydrogen-bond acceptors (Lipinski definition) is 5. The van der Waals surface area contributed by atoms with Crippen LogP contribution in [0.1, 0.15) is 44.9 Å². The molecule has 32 heavy (non-hydrogen) atoms. The molecule has 0 aliphatic carbocycles. The summed E-state index contributed by atoms with van der Waals surface area (Å²) >= 11 is 0. The molecule has 2 heterocycles. The van der Waals surface area contributed by atoms with E-state index < -0.39 is 0 Å². The maximum atomic E-state index is 12.6. The van der Waals surface area contributed by atoms with Gasteiger partial charge in [0.1, 0.15) is 11.6 Å². The molecule has 0 aliphatic rings. The number of anilines is 1. The molecule has 1 aromatic carbocycles. The lowest BCUT2D eigenvalue weighted by molar-refractivity contribution is -0.124. The first-order chi connectivity index (χ1) is 15.3. The number of methoxy groups -OCH3 is 1. The van der Waals surface area contributed by atoms with E-state index in [-0.39, 0.29) is 30.1 Å². The van der Waals surface area contributed by atoms with E-state index in [4.69, 9.17) is 9.84 Å². The fourth-order valence-corrected chi connectivity index (χ4v) is 2.98. The molecule has 168 valence electrons. The van der Waals surface area contributed by atoms with E-state index in [9.17, 15) is 9.59 Å². The molecule has 0 atom stereocenters. The van der Waals surface area contributed by atoms with E-state index in [0.717, 1.165) is 22.7 Å². The molecule has 0 saturated heterocycles. The average molecular weight is 436 g/mol. The quantitative estimate of drug-likeness (QED) is 0.563. The number of nitrogens with one attached hydrogen (secondary N) is 2. The van der Waals surface area contributed by atoms with Crippen molar-refractivity contribution in [1.29, 1.82) is 0 Å². The zero-order chi connectivity index (χ0) is 23.1. The maximum Gasteiger partial charge on any atom is 0.226 e. The number of amides is 2. The predicted molar refractivity (Wildman–Crippen MR) is 123 cm³/mol. The van der Waals surface area contributed by atoms with Gasteiger partial charge in [-0.05, 0) is 42.0 Å². The third-order valence-corrected chi connectivity index (χ3v) is 4.88. The SMILES string of the molecule is COc1ccc(-n2nc(C(C)(C)C)cc2NC(=O)CCC(=O)NCc2ccncc2)cc1. The van der Waals surface area contributed by atoms with Gasteiger partial charge in [-0.15, -0.1) is 0 Å². The first-order valence-electron chi connectivity index (χ1n) is 10.5. The average Bonchev–Trinajstić information content (AvgIpc) is 3.21. The monoisotopic (exact) mass is 435 g/mol. The van der Waals surface area contributed by atoms with Crippen molar-refractivity contribution in [3.8, 4) is 11.4 Å². The van der Waals surface area contributed by atoms with Gasteiger partial charge >= 0.3 is 0 Å². The van der Waals surface area contributed by atoms with Crippen LogP contribution in [-0.4, -0.2) is 33.7 Å². The summed E-state index contributed by atoms with van der Waals surface area (Å²) in [6, 6.07) is 13.0. The number of hydrogen-bond donors (Lipinski definition) is 2. The fourth-order valence-electron chi connectivity index (χ4n) is 2.98. The molecule has 2 N–H and O–H groups in total. The van der Waals surface area contributed by atoms with Gasteiger partial charge < -0.3 is 15.4 Å². The summed E-state index contributed by atoms with van der Waals surface area (Å²) < 4.78 is 6.92. The summed E-state index contributed by atoms with van der Waals surface area (Å²) in [6.45, 7) is 6.59. The van der Waals surface area contributed by atoms with Crippen molar-refractivity contribution in [2.75, 3.05) is 12.4 Å². The van der Waals surface area contributed by atoms with Crippen molar-refractivity contribution in [2.45, 2.75) is 45.6 Å². The van der Waals surface area contributed by atoms with Crippen LogP contribution in [-0.2, 0) is 21.5 Å². The number of pyridine rings is 1. The standard InChI is InChI=1S/C24H29N5O3/c1-24(2,3)20-15-21(29(28-20)18-5-7-19(32-4)8-6-18)27-23(31)10-9-22(30)26-16-17-11-13-25-14-12-17/h5-8,11-15H,9-10,16H2,1-4H3,(H,26,30)(H,27,31). The fraction of sp³-hybridized carbons (Fsp3) is 0.333. The lowest BCUT2D eigenvalue weighted by atomic mass is 9.92. The van der Waals surface area contributed by atoms with Crippen LogP contribution in [0.25, 0.3) is 5.69 Å². The van der Waals surface area contributed by atoms with Crippen LogP contribution in [0.2, 0.25) is 0 Å². The molecular weight excluding hydrogens is 406 g/mol. The summed E-state index contributed by atoms with van der Waals surface area (Å²) in [5.74, 6) is 0.859. The first kappa shape index (κ1) is 23.0. The number of nitrogens with zero attached hydrogens (tertiary/aromatic N) is 3. The lowest BCUT2D eigenvalue weighted by Gasteiger charge is -2.14. The zero-order valence-corrected chi connectivity index (χ0v) is 18.9. The number of rotatable bonds is 8. The molecule has 3 rings (SSSR count). The normalized spacial score (nSPS) is 11.1. The predicted octanol–water partition coefficient (Wildman–Crippen LogP) is 3.61. The highest BCUT2D eigenvalue weighted by Gasteiger charge is 2.21. The van der Waals surface area contributed by atoms with E-state index in [2.05, 4.69) is 36.4 Å². The van der Waals surface area contributed by atoms with Gasteiger partial charge in [-0.25, -0.2) is 4.68 Å². The van der Waals surface area contributed by atoms with Crippen LogP contribution >= 0.6 is 0 Å². The van der Waals surface area contributed by atoms with Crippen LogP contribution in [0.4, 0.5) is 5.82 Å². The van der Waals surface area contributed by atoms with Gasteiger partial charge in [-0.1, -0.05) is 20.8 Å². The smallest absolute Gasteiger partial charge is 0.226 e. The lowest BCUT2D eigenvalue weighted by Crippen LogP contribution is -2.24. The van der Waals surface area contributed by atoms with E-state index in [1.165, 1.54) is 0 Å². The molecule has 0 saturated carbocycles. The molecule has 3 aromatic rings. The molecule has 0 unspecified atom stereocenters. The second kappa shape index (κ2) is 10.1. The van der Waals surface area contributed by atoms with Crippen LogP contribution < -0.4 is 15.4 Å². The molecule has 0 spiro atoms. The highest BCUT2D eigenvalue weighted by Crippen LogP contribution is 2.27. The van der Waals surface area contributed by atoms with Crippen molar-refractivity contribution < 1.29 is 14.3 Å². The summed E-state index contributed by atoms with van der Waals surface area (Å²) in [4.78, 5) is 28.6.